The average molecular weight is 344 g/mol. The minimum absolute atomic E-state index is 0.241. The predicted octanol–water partition coefficient (Wildman–Crippen LogP) is 4.88. The van der Waals surface area contributed by atoms with Gasteiger partial charge in [-0.1, -0.05) is 36.0 Å². The van der Waals surface area contributed by atoms with Gasteiger partial charge in [0.2, 0.25) is 0 Å². The SMILES string of the molecule is CN1N=C(c2cc(F)ccc2F)SC12CCCCc1ccccc12. The van der Waals surface area contributed by atoms with Gasteiger partial charge in [0.05, 0.1) is 0 Å². The molecule has 0 bridgehead atoms. The van der Waals surface area contributed by atoms with Gasteiger partial charge < -0.3 is 0 Å². The summed E-state index contributed by atoms with van der Waals surface area (Å²) >= 11 is 1.54. The molecule has 2 aromatic rings. The van der Waals surface area contributed by atoms with E-state index in [1.54, 1.807) is 11.8 Å². The fraction of sp³-hybridized carbons (Fsp3) is 0.316. The van der Waals surface area contributed by atoms with E-state index >= 15 is 0 Å². The molecule has 2 nitrogen and oxygen atoms in total. The highest BCUT2D eigenvalue weighted by molar-refractivity contribution is 8.15. The molecule has 5 heteroatoms. The van der Waals surface area contributed by atoms with Crippen molar-refractivity contribution in [3.8, 4) is 0 Å². The maximum atomic E-state index is 14.2. The molecule has 1 aliphatic carbocycles. The zero-order chi connectivity index (χ0) is 16.7. The summed E-state index contributed by atoms with van der Waals surface area (Å²) < 4.78 is 27.8. The summed E-state index contributed by atoms with van der Waals surface area (Å²) in [6.45, 7) is 0. The lowest BCUT2D eigenvalue weighted by atomic mass is 9.98. The number of nitrogens with zero attached hydrogens (tertiary/aromatic N) is 2. The predicted molar refractivity (Wildman–Crippen MR) is 93.9 cm³/mol. The van der Waals surface area contributed by atoms with Crippen LogP contribution >= 0.6 is 11.8 Å². The third-order valence-corrected chi connectivity index (χ3v) is 6.36. The van der Waals surface area contributed by atoms with Crippen LogP contribution in [0.5, 0.6) is 0 Å². The molecule has 1 spiro atoms. The second kappa shape index (κ2) is 5.88. The first kappa shape index (κ1) is 15.6. The largest absolute Gasteiger partial charge is 0.278 e. The molecule has 124 valence electrons. The maximum Gasteiger partial charge on any atom is 0.134 e. The van der Waals surface area contributed by atoms with Gasteiger partial charge >= 0.3 is 0 Å². The number of rotatable bonds is 1. The molecule has 0 amide bonds. The molecule has 1 unspecified atom stereocenters. The van der Waals surface area contributed by atoms with Crippen LogP contribution in [0.3, 0.4) is 0 Å². The van der Waals surface area contributed by atoms with Crippen molar-refractivity contribution in [2.75, 3.05) is 7.05 Å². The van der Waals surface area contributed by atoms with Gasteiger partial charge in [0.1, 0.15) is 21.5 Å². The summed E-state index contributed by atoms with van der Waals surface area (Å²) in [5.74, 6) is -0.880. The van der Waals surface area contributed by atoms with Gasteiger partial charge in [0.25, 0.3) is 0 Å². The Kier molecular flexibility index (Phi) is 3.83. The van der Waals surface area contributed by atoms with E-state index in [1.165, 1.54) is 23.3 Å². The van der Waals surface area contributed by atoms with E-state index in [1.807, 2.05) is 18.1 Å². The van der Waals surface area contributed by atoms with Gasteiger partial charge in [0.15, 0.2) is 0 Å². The Balaban J connectivity index is 1.79. The second-order valence-electron chi connectivity index (χ2n) is 6.30. The summed E-state index contributed by atoms with van der Waals surface area (Å²) in [6, 6.07) is 11.9. The van der Waals surface area contributed by atoms with Crippen molar-refractivity contribution in [1.29, 1.82) is 0 Å². The number of halogens is 2. The third-order valence-electron chi connectivity index (χ3n) is 4.84. The van der Waals surface area contributed by atoms with Crippen LogP contribution in [0.4, 0.5) is 8.78 Å². The average Bonchev–Trinajstić information content (AvgIpc) is 2.79. The fourth-order valence-corrected chi connectivity index (χ4v) is 5.09. The van der Waals surface area contributed by atoms with Crippen molar-refractivity contribution >= 4 is 16.8 Å². The lowest BCUT2D eigenvalue weighted by molar-refractivity contribution is 0.215. The molecule has 1 heterocycles. The molecule has 0 saturated carbocycles. The minimum Gasteiger partial charge on any atom is -0.278 e. The number of hydrazone groups is 1. The van der Waals surface area contributed by atoms with E-state index in [9.17, 15) is 8.78 Å². The summed E-state index contributed by atoms with van der Waals surface area (Å²) in [5.41, 5.74) is 2.81. The van der Waals surface area contributed by atoms with E-state index in [4.69, 9.17) is 0 Å². The first-order valence-corrected chi connectivity index (χ1v) is 8.97. The summed E-state index contributed by atoms with van der Waals surface area (Å²) in [7, 11) is 1.93. The lowest BCUT2D eigenvalue weighted by Crippen LogP contribution is -2.34. The van der Waals surface area contributed by atoms with E-state index < -0.39 is 11.6 Å². The van der Waals surface area contributed by atoms with E-state index in [-0.39, 0.29) is 10.4 Å². The number of thioether (sulfide) groups is 1. The Morgan fingerprint density at radius 3 is 2.83 bits per heavy atom. The van der Waals surface area contributed by atoms with Gasteiger partial charge in [-0.25, -0.2) is 8.78 Å². The summed E-state index contributed by atoms with van der Waals surface area (Å²) in [5, 5.41) is 7.06. The van der Waals surface area contributed by atoms with Crippen LogP contribution in [0, 0.1) is 11.6 Å². The van der Waals surface area contributed by atoms with Gasteiger partial charge in [-0.05, 0) is 55.0 Å². The monoisotopic (exact) mass is 344 g/mol. The normalized spacial score (nSPS) is 23.1. The third kappa shape index (κ3) is 2.42. The van der Waals surface area contributed by atoms with Crippen LogP contribution in [-0.2, 0) is 11.3 Å². The van der Waals surface area contributed by atoms with E-state index in [0.717, 1.165) is 31.7 Å². The molecule has 0 aromatic heterocycles. The van der Waals surface area contributed by atoms with Crippen molar-refractivity contribution < 1.29 is 8.78 Å². The van der Waals surface area contributed by atoms with Crippen molar-refractivity contribution in [3.63, 3.8) is 0 Å². The smallest absolute Gasteiger partial charge is 0.134 e. The number of hydrogen-bond acceptors (Lipinski definition) is 3. The van der Waals surface area contributed by atoms with Gasteiger partial charge in [0, 0.05) is 12.6 Å². The molecule has 0 fully saturated rings. The van der Waals surface area contributed by atoms with Crippen molar-refractivity contribution in [2.24, 2.45) is 5.10 Å². The van der Waals surface area contributed by atoms with Crippen molar-refractivity contribution in [2.45, 2.75) is 30.6 Å². The summed E-state index contributed by atoms with van der Waals surface area (Å²) in [4.78, 5) is -0.332. The zero-order valence-electron chi connectivity index (χ0n) is 13.4. The van der Waals surface area contributed by atoms with Crippen LogP contribution in [0.15, 0.2) is 47.6 Å². The minimum atomic E-state index is -0.445. The molecule has 4 rings (SSSR count). The van der Waals surface area contributed by atoms with E-state index in [0.29, 0.717) is 5.04 Å². The lowest BCUT2D eigenvalue weighted by Gasteiger charge is -2.35. The first-order chi connectivity index (χ1) is 11.6. The van der Waals surface area contributed by atoms with Crippen LogP contribution in [0.2, 0.25) is 0 Å². The molecule has 1 aliphatic heterocycles. The van der Waals surface area contributed by atoms with E-state index in [2.05, 4.69) is 23.3 Å². The van der Waals surface area contributed by atoms with Crippen molar-refractivity contribution in [1.82, 2.24) is 5.01 Å². The Morgan fingerprint density at radius 2 is 1.96 bits per heavy atom. The molecular formula is C19H18F2N2S. The quantitative estimate of drug-likeness (QED) is 0.732. The van der Waals surface area contributed by atoms with Crippen molar-refractivity contribution in [3.05, 3.63) is 70.8 Å². The van der Waals surface area contributed by atoms with Crippen LogP contribution in [0.25, 0.3) is 0 Å². The number of hydrogen-bond donors (Lipinski definition) is 0. The van der Waals surface area contributed by atoms with Crippen LogP contribution < -0.4 is 0 Å². The second-order valence-corrected chi connectivity index (χ2v) is 7.57. The Bertz CT molecular complexity index is 821. The van der Waals surface area contributed by atoms with Crippen LogP contribution in [0.1, 0.15) is 36.0 Å². The fourth-order valence-electron chi connectivity index (χ4n) is 3.61. The molecule has 1 atom stereocenters. The number of benzene rings is 2. The highest BCUT2D eigenvalue weighted by Gasteiger charge is 2.45. The highest BCUT2D eigenvalue weighted by atomic mass is 32.2. The first-order valence-electron chi connectivity index (χ1n) is 8.15. The number of aryl methyl sites for hydroxylation is 1. The Hall–Kier alpha value is -1.88. The molecule has 2 aromatic carbocycles. The molecule has 24 heavy (non-hydrogen) atoms. The van der Waals surface area contributed by atoms with Gasteiger partial charge in [-0.2, -0.15) is 5.10 Å². The molecule has 2 aliphatic rings. The number of fused-ring (bicyclic) bond motifs is 2. The topological polar surface area (TPSA) is 15.6 Å². The highest BCUT2D eigenvalue weighted by Crippen LogP contribution is 2.52. The maximum absolute atomic E-state index is 14.2. The Labute approximate surface area is 144 Å². The zero-order valence-corrected chi connectivity index (χ0v) is 14.2. The van der Waals surface area contributed by atoms with Gasteiger partial charge in [-0.15, -0.1) is 0 Å². The molecular weight excluding hydrogens is 326 g/mol. The molecule has 0 radical (unpaired) electrons. The molecule has 0 N–H and O–H groups in total. The summed E-state index contributed by atoms with van der Waals surface area (Å²) in [6.07, 6.45) is 4.21. The van der Waals surface area contributed by atoms with Gasteiger partial charge in [-0.3, -0.25) is 5.01 Å². The Morgan fingerprint density at radius 1 is 1.12 bits per heavy atom. The van der Waals surface area contributed by atoms with Crippen LogP contribution in [-0.4, -0.2) is 17.1 Å². The standard InChI is InChI=1S/C19H18F2N2S/c1-23-19(11-5-4-7-13-6-2-3-8-16(13)19)24-18(22-23)15-12-14(20)9-10-17(15)21/h2-3,6,8-10,12H,4-5,7,11H2,1H3. The molecule has 0 saturated heterocycles.